The van der Waals surface area contributed by atoms with Gasteiger partial charge in [-0.05, 0) is 33.1 Å². The van der Waals surface area contributed by atoms with Crippen molar-refractivity contribution >= 4 is 27.8 Å². The normalized spacial score (nSPS) is 22.7. The summed E-state index contributed by atoms with van der Waals surface area (Å²) in [6.07, 6.45) is 2.65. The van der Waals surface area contributed by atoms with Gasteiger partial charge in [-0.3, -0.25) is 4.79 Å². The lowest BCUT2D eigenvalue weighted by Crippen LogP contribution is -2.50. The van der Waals surface area contributed by atoms with Crippen molar-refractivity contribution in [1.82, 2.24) is 4.90 Å². The second-order valence-electron chi connectivity index (χ2n) is 3.91. The number of ether oxygens (including phenoxy) is 1. The molecule has 1 heterocycles. The fraction of sp³-hybridized carbons (Fsp3) is 0.818. The Morgan fingerprint density at radius 1 is 1.50 bits per heavy atom. The summed E-state index contributed by atoms with van der Waals surface area (Å²) in [5.74, 6) is -0.304. The molecule has 92 valence electrons. The lowest BCUT2D eigenvalue weighted by atomic mass is 10.0. The maximum atomic E-state index is 11.9. The summed E-state index contributed by atoms with van der Waals surface area (Å²) in [5, 5.41) is 0. The van der Waals surface area contributed by atoms with E-state index in [1.165, 1.54) is 0 Å². The molecular formula is C11H18BrNO3. The van der Waals surface area contributed by atoms with E-state index in [0.29, 0.717) is 19.6 Å². The third-order valence-corrected chi connectivity index (χ3v) is 3.08. The maximum Gasteiger partial charge on any atom is 0.328 e. The van der Waals surface area contributed by atoms with Gasteiger partial charge in [-0.1, -0.05) is 15.9 Å². The van der Waals surface area contributed by atoms with Crippen LogP contribution in [0, 0.1) is 0 Å². The summed E-state index contributed by atoms with van der Waals surface area (Å²) in [6, 6.07) is -0.388. The SMILES string of the molecule is CCOC(=O)C1CCCCN1C(=O)C(C)Br. The van der Waals surface area contributed by atoms with E-state index in [1.807, 2.05) is 0 Å². The fourth-order valence-corrected chi connectivity index (χ4v) is 2.17. The highest BCUT2D eigenvalue weighted by atomic mass is 79.9. The van der Waals surface area contributed by atoms with Crippen LogP contribution in [0.1, 0.15) is 33.1 Å². The number of amides is 1. The Labute approximate surface area is 104 Å². The average Bonchev–Trinajstić information content (AvgIpc) is 2.28. The van der Waals surface area contributed by atoms with E-state index in [-0.39, 0.29) is 22.7 Å². The van der Waals surface area contributed by atoms with Crippen molar-refractivity contribution in [1.29, 1.82) is 0 Å². The van der Waals surface area contributed by atoms with E-state index >= 15 is 0 Å². The van der Waals surface area contributed by atoms with Crippen LogP contribution in [-0.2, 0) is 14.3 Å². The predicted molar refractivity (Wildman–Crippen MR) is 64.4 cm³/mol. The zero-order valence-corrected chi connectivity index (χ0v) is 11.3. The Balaban J connectivity index is 2.71. The van der Waals surface area contributed by atoms with E-state index < -0.39 is 0 Å². The van der Waals surface area contributed by atoms with E-state index in [0.717, 1.165) is 12.8 Å². The largest absolute Gasteiger partial charge is 0.464 e. The van der Waals surface area contributed by atoms with E-state index in [1.54, 1.807) is 18.7 Å². The Morgan fingerprint density at radius 2 is 2.19 bits per heavy atom. The number of nitrogens with zero attached hydrogens (tertiary/aromatic N) is 1. The van der Waals surface area contributed by atoms with Gasteiger partial charge in [0.05, 0.1) is 11.4 Å². The van der Waals surface area contributed by atoms with Crippen LogP contribution in [0.25, 0.3) is 0 Å². The first-order chi connectivity index (χ1) is 7.57. The minimum Gasteiger partial charge on any atom is -0.464 e. The van der Waals surface area contributed by atoms with E-state index in [2.05, 4.69) is 15.9 Å². The third-order valence-electron chi connectivity index (χ3n) is 2.68. The smallest absolute Gasteiger partial charge is 0.328 e. The van der Waals surface area contributed by atoms with Gasteiger partial charge in [0.15, 0.2) is 0 Å². The van der Waals surface area contributed by atoms with Crippen molar-refractivity contribution in [3.05, 3.63) is 0 Å². The first kappa shape index (κ1) is 13.5. The molecule has 1 saturated heterocycles. The van der Waals surface area contributed by atoms with Gasteiger partial charge in [0.2, 0.25) is 5.91 Å². The van der Waals surface area contributed by atoms with Crippen LogP contribution in [0.2, 0.25) is 0 Å². The van der Waals surface area contributed by atoms with Crippen molar-refractivity contribution < 1.29 is 14.3 Å². The summed E-state index contributed by atoms with van der Waals surface area (Å²) in [4.78, 5) is 25.0. The van der Waals surface area contributed by atoms with Gasteiger partial charge >= 0.3 is 5.97 Å². The first-order valence-corrected chi connectivity index (χ1v) is 6.60. The van der Waals surface area contributed by atoms with Gasteiger partial charge in [-0.25, -0.2) is 4.79 Å². The molecule has 0 N–H and O–H groups in total. The molecular weight excluding hydrogens is 274 g/mol. The second-order valence-corrected chi connectivity index (χ2v) is 5.28. The summed E-state index contributed by atoms with van der Waals surface area (Å²) in [7, 11) is 0. The Hall–Kier alpha value is -0.580. The number of carbonyl (C=O) groups is 2. The molecule has 1 rings (SSSR count). The standard InChI is InChI=1S/C11H18BrNO3/c1-3-16-11(15)9-6-4-5-7-13(9)10(14)8(2)12/h8-9H,3-7H2,1-2H3. The molecule has 1 amide bonds. The van der Waals surface area contributed by atoms with Gasteiger partial charge in [-0.15, -0.1) is 0 Å². The molecule has 16 heavy (non-hydrogen) atoms. The van der Waals surface area contributed by atoms with Crippen molar-refractivity contribution in [2.24, 2.45) is 0 Å². The van der Waals surface area contributed by atoms with Crippen LogP contribution in [-0.4, -0.2) is 40.8 Å². The number of rotatable bonds is 3. The molecule has 1 aliphatic heterocycles. The molecule has 0 spiro atoms. The Morgan fingerprint density at radius 3 is 2.75 bits per heavy atom. The van der Waals surface area contributed by atoms with Crippen molar-refractivity contribution in [2.45, 2.75) is 44.0 Å². The zero-order valence-electron chi connectivity index (χ0n) is 9.74. The molecule has 4 nitrogen and oxygen atoms in total. The summed E-state index contributed by atoms with van der Waals surface area (Å²) >= 11 is 3.25. The summed E-state index contributed by atoms with van der Waals surface area (Å²) in [5.41, 5.74) is 0. The number of alkyl halides is 1. The molecule has 0 bridgehead atoms. The quantitative estimate of drug-likeness (QED) is 0.587. The summed E-state index contributed by atoms with van der Waals surface area (Å²) < 4.78 is 4.99. The summed E-state index contributed by atoms with van der Waals surface area (Å²) in [6.45, 7) is 4.57. The minimum absolute atomic E-state index is 0.0299. The number of piperidine rings is 1. The highest BCUT2D eigenvalue weighted by molar-refractivity contribution is 9.10. The molecule has 0 aliphatic carbocycles. The zero-order chi connectivity index (χ0) is 12.1. The Kier molecular flexibility index (Phi) is 5.25. The first-order valence-electron chi connectivity index (χ1n) is 5.69. The third kappa shape index (κ3) is 3.20. The molecule has 0 saturated carbocycles. The van der Waals surface area contributed by atoms with E-state index in [4.69, 9.17) is 4.74 Å². The second kappa shape index (κ2) is 6.23. The molecule has 1 aliphatic rings. The van der Waals surface area contributed by atoms with E-state index in [9.17, 15) is 9.59 Å². The van der Waals surface area contributed by atoms with Crippen LogP contribution in [0.15, 0.2) is 0 Å². The van der Waals surface area contributed by atoms with Crippen LogP contribution >= 0.6 is 15.9 Å². The lowest BCUT2D eigenvalue weighted by Gasteiger charge is -2.34. The van der Waals surface area contributed by atoms with Crippen LogP contribution in [0.3, 0.4) is 0 Å². The van der Waals surface area contributed by atoms with Gasteiger partial charge in [0.1, 0.15) is 6.04 Å². The maximum absolute atomic E-state index is 11.9. The number of hydrogen-bond acceptors (Lipinski definition) is 3. The predicted octanol–water partition coefficient (Wildman–Crippen LogP) is 1.71. The molecule has 1 fully saturated rings. The Bertz CT molecular complexity index is 268. The van der Waals surface area contributed by atoms with Gasteiger partial charge in [-0.2, -0.15) is 0 Å². The average molecular weight is 292 g/mol. The number of hydrogen-bond donors (Lipinski definition) is 0. The minimum atomic E-state index is -0.388. The lowest BCUT2D eigenvalue weighted by molar-refractivity contribution is -0.156. The monoisotopic (exact) mass is 291 g/mol. The van der Waals surface area contributed by atoms with Crippen LogP contribution in [0.4, 0.5) is 0 Å². The number of halogens is 1. The topological polar surface area (TPSA) is 46.6 Å². The van der Waals surface area contributed by atoms with Crippen LogP contribution < -0.4 is 0 Å². The van der Waals surface area contributed by atoms with Crippen molar-refractivity contribution in [3.8, 4) is 0 Å². The van der Waals surface area contributed by atoms with Gasteiger partial charge in [0.25, 0.3) is 0 Å². The fourth-order valence-electron chi connectivity index (χ4n) is 1.91. The molecule has 5 heteroatoms. The van der Waals surface area contributed by atoms with Crippen LogP contribution in [0.5, 0.6) is 0 Å². The molecule has 0 aromatic carbocycles. The molecule has 0 radical (unpaired) electrons. The molecule has 2 unspecified atom stereocenters. The van der Waals surface area contributed by atoms with Gasteiger partial charge in [0, 0.05) is 6.54 Å². The molecule has 0 aromatic heterocycles. The van der Waals surface area contributed by atoms with Gasteiger partial charge < -0.3 is 9.64 Å². The highest BCUT2D eigenvalue weighted by Crippen LogP contribution is 2.20. The van der Waals surface area contributed by atoms with Crippen molar-refractivity contribution in [3.63, 3.8) is 0 Å². The molecule has 0 aromatic rings. The van der Waals surface area contributed by atoms with Crippen molar-refractivity contribution in [2.75, 3.05) is 13.2 Å². The number of likely N-dealkylation sites (tertiary alicyclic amines) is 1. The number of esters is 1. The highest BCUT2D eigenvalue weighted by Gasteiger charge is 2.34. The number of carbonyl (C=O) groups excluding carboxylic acids is 2. The molecule has 2 atom stereocenters.